The summed E-state index contributed by atoms with van der Waals surface area (Å²) in [5.41, 5.74) is 8.14. The molecule has 1 aliphatic carbocycles. The van der Waals surface area contributed by atoms with Gasteiger partial charge in [0.2, 0.25) is 0 Å². The standard InChI is InChI=1S/C29H30N2O2Si/c1-34(2)26-18-21(30-13-5-14-30)9-11-24(26)29(23-8-4-3-7-20(23)17-28(32)33)25-12-10-22(19-27(25)34)31-15-6-16-31/h3-4,7-12,18-19H,5-6,13-17H2,1-2H3. The normalized spacial score (nSPS) is 20.3. The van der Waals surface area contributed by atoms with Crippen LogP contribution in [-0.2, 0) is 11.2 Å². The van der Waals surface area contributed by atoms with Crippen molar-refractivity contribution < 1.29 is 14.5 Å². The molecule has 0 bridgehead atoms. The van der Waals surface area contributed by atoms with Crippen molar-refractivity contribution in [1.82, 2.24) is 0 Å². The third kappa shape index (κ3) is 3.33. The van der Waals surface area contributed by atoms with Crippen molar-refractivity contribution in [3.05, 3.63) is 88.2 Å². The second-order valence-electron chi connectivity index (χ2n) is 10.3. The number of carboxylic acid groups (broad SMARTS) is 1. The molecule has 3 aliphatic heterocycles. The molecule has 3 heterocycles. The van der Waals surface area contributed by atoms with Gasteiger partial charge >= 0.3 is 0 Å². The first-order chi connectivity index (χ1) is 16.4. The minimum atomic E-state index is -1.99. The van der Waals surface area contributed by atoms with Gasteiger partial charge in [-0.1, -0.05) is 43.4 Å². The summed E-state index contributed by atoms with van der Waals surface area (Å²) in [6.07, 6.45) is 9.41. The number of anilines is 1. The van der Waals surface area contributed by atoms with Gasteiger partial charge in [0.15, 0.2) is 5.71 Å². The molecule has 0 amide bonds. The molecule has 2 saturated heterocycles. The Morgan fingerprint density at radius 3 is 2.50 bits per heavy atom. The fourth-order valence-corrected chi connectivity index (χ4v) is 8.80. The Bertz CT molecular complexity index is 1340. The smallest absolute Gasteiger partial charge is 0.199 e. The average Bonchev–Trinajstić information content (AvgIpc) is 2.73. The average molecular weight is 467 g/mol. The SMILES string of the molecule is C[Si]1(C)C2=CC(=[N+]3CCC3)C=CC2=C(c2ccccc2CC(=O)[O-])c2ccc(N3CCC3)cc21. The number of carbonyl (C=O) groups excluding carboxylic acids is 1. The Hall–Kier alpha value is -3.18. The van der Waals surface area contributed by atoms with Gasteiger partial charge in [0.05, 0.1) is 6.42 Å². The van der Waals surface area contributed by atoms with E-state index in [0.29, 0.717) is 0 Å². The van der Waals surface area contributed by atoms with Gasteiger partial charge in [0, 0.05) is 43.3 Å². The molecule has 0 aromatic heterocycles. The first-order valence-corrected chi connectivity index (χ1v) is 15.4. The van der Waals surface area contributed by atoms with Gasteiger partial charge in [-0.15, -0.1) is 0 Å². The van der Waals surface area contributed by atoms with Crippen LogP contribution in [0.15, 0.2) is 71.5 Å². The molecule has 0 unspecified atom stereocenters. The zero-order valence-corrected chi connectivity index (χ0v) is 20.9. The topological polar surface area (TPSA) is 46.4 Å². The summed E-state index contributed by atoms with van der Waals surface area (Å²) in [6, 6.07) is 14.9. The number of aliphatic carboxylic acids is 1. The van der Waals surface area contributed by atoms with Crippen LogP contribution in [0.2, 0.25) is 13.1 Å². The molecule has 2 aromatic carbocycles. The van der Waals surface area contributed by atoms with E-state index in [4.69, 9.17) is 0 Å². The zero-order valence-electron chi connectivity index (χ0n) is 19.9. The Morgan fingerprint density at radius 2 is 1.82 bits per heavy atom. The Morgan fingerprint density at radius 1 is 1.03 bits per heavy atom. The number of hydrogen-bond acceptors (Lipinski definition) is 3. The highest BCUT2D eigenvalue weighted by Gasteiger charge is 2.41. The summed E-state index contributed by atoms with van der Waals surface area (Å²) in [4.78, 5) is 14.1. The lowest BCUT2D eigenvalue weighted by Crippen LogP contribution is -2.50. The van der Waals surface area contributed by atoms with E-state index in [1.54, 1.807) is 0 Å². The molecule has 2 aromatic rings. The fourth-order valence-electron chi connectivity index (χ4n) is 5.73. The van der Waals surface area contributed by atoms with E-state index in [1.807, 2.05) is 18.2 Å². The summed E-state index contributed by atoms with van der Waals surface area (Å²) in [5.74, 6) is -1.04. The van der Waals surface area contributed by atoms with E-state index < -0.39 is 14.0 Å². The molecule has 5 heteroatoms. The molecule has 0 saturated carbocycles. The van der Waals surface area contributed by atoms with Crippen LogP contribution < -0.4 is 15.2 Å². The molecule has 0 N–H and O–H groups in total. The molecule has 172 valence electrons. The molecule has 0 spiro atoms. The van der Waals surface area contributed by atoms with Crippen LogP contribution in [0.4, 0.5) is 5.69 Å². The van der Waals surface area contributed by atoms with Crippen LogP contribution in [0.3, 0.4) is 0 Å². The van der Waals surface area contributed by atoms with Crippen molar-refractivity contribution in [3.8, 4) is 0 Å². The summed E-state index contributed by atoms with van der Waals surface area (Å²) in [6.45, 7) is 9.44. The maximum Gasteiger partial charge on any atom is 0.199 e. The molecule has 0 atom stereocenters. The lowest BCUT2D eigenvalue weighted by atomic mass is 9.86. The Labute approximate surface area is 202 Å². The van der Waals surface area contributed by atoms with Crippen LogP contribution >= 0.6 is 0 Å². The van der Waals surface area contributed by atoms with Gasteiger partial charge in [-0.05, 0) is 62.8 Å². The third-order valence-electron chi connectivity index (χ3n) is 7.96. The highest BCUT2D eigenvalue weighted by molar-refractivity contribution is 6.98. The van der Waals surface area contributed by atoms with Gasteiger partial charge in [-0.3, -0.25) is 0 Å². The molecule has 6 rings (SSSR count). The van der Waals surface area contributed by atoms with Crippen molar-refractivity contribution in [2.24, 2.45) is 0 Å². The molecular formula is C29H30N2O2Si. The van der Waals surface area contributed by atoms with Crippen molar-refractivity contribution in [3.63, 3.8) is 0 Å². The molecular weight excluding hydrogens is 436 g/mol. The van der Waals surface area contributed by atoms with Gasteiger partial charge < -0.3 is 14.8 Å². The second kappa shape index (κ2) is 7.95. The molecule has 0 radical (unpaired) electrons. The van der Waals surface area contributed by atoms with Crippen LogP contribution in [0, 0.1) is 0 Å². The van der Waals surface area contributed by atoms with Crippen molar-refractivity contribution in [2.75, 3.05) is 31.1 Å². The summed E-state index contributed by atoms with van der Waals surface area (Å²) >= 11 is 0. The van der Waals surface area contributed by atoms with E-state index in [9.17, 15) is 9.90 Å². The lowest BCUT2D eigenvalue weighted by Gasteiger charge is -2.40. The number of allylic oxidation sites excluding steroid dienone is 5. The van der Waals surface area contributed by atoms with Crippen LogP contribution in [-0.4, -0.2) is 50.5 Å². The number of carbonyl (C=O) groups is 1. The van der Waals surface area contributed by atoms with Crippen molar-refractivity contribution >= 4 is 36.2 Å². The number of hydrogen-bond donors (Lipinski definition) is 0. The van der Waals surface area contributed by atoms with Crippen LogP contribution in [0.5, 0.6) is 0 Å². The Balaban J connectivity index is 1.62. The number of benzene rings is 2. The minimum Gasteiger partial charge on any atom is -0.550 e. The number of nitrogens with zero attached hydrogens (tertiary/aromatic N) is 2. The quantitative estimate of drug-likeness (QED) is 0.514. The Kier molecular flexibility index (Phi) is 4.99. The predicted octanol–water partition coefficient (Wildman–Crippen LogP) is 2.81. The maximum atomic E-state index is 11.6. The minimum absolute atomic E-state index is 0.0805. The summed E-state index contributed by atoms with van der Waals surface area (Å²) in [5, 5.41) is 14.5. The number of fused-ring (bicyclic) bond motifs is 2. The molecule has 34 heavy (non-hydrogen) atoms. The van der Waals surface area contributed by atoms with Gasteiger partial charge in [0.25, 0.3) is 0 Å². The number of rotatable bonds is 4. The summed E-state index contributed by atoms with van der Waals surface area (Å²) < 4.78 is 2.46. The van der Waals surface area contributed by atoms with Gasteiger partial charge in [0.1, 0.15) is 21.2 Å². The van der Waals surface area contributed by atoms with Crippen LogP contribution in [0.1, 0.15) is 29.5 Å². The highest BCUT2D eigenvalue weighted by Crippen LogP contribution is 2.43. The van der Waals surface area contributed by atoms with E-state index in [-0.39, 0.29) is 6.42 Å². The van der Waals surface area contributed by atoms with Crippen molar-refractivity contribution in [1.29, 1.82) is 0 Å². The predicted molar refractivity (Wildman–Crippen MR) is 138 cm³/mol. The molecule has 2 fully saturated rings. The zero-order chi connectivity index (χ0) is 23.4. The second-order valence-corrected chi connectivity index (χ2v) is 14.7. The van der Waals surface area contributed by atoms with E-state index in [2.05, 4.69) is 65.1 Å². The van der Waals surface area contributed by atoms with Gasteiger partial charge in [-0.25, -0.2) is 4.58 Å². The molecule has 4 nitrogen and oxygen atoms in total. The fraction of sp³-hybridized carbons (Fsp3) is 0.310. The third-order valence-corrected chi connectivity index (χ3v) is 11.5. The van der Waals surface area contributed by atoms with E-state index >= 15 is 0 Å². The van der Waals surface area contributed by atoms with Gasteiger partial charge in [-0.2, -0.15) is 0 Å². The van der Waals surface area contributed by atoms with Crippen LogP contribution in [0.25, 0.3) is 5.57 Å². The maximum absolute atomic E-state index is 11.6. The first-order valence-electron chi connectivity index (χ1n) is 12.4. The molecule has 4 aliphatic rings. The number of carboxylic acids is 1. The first kappa shape index (κ1) is 21.4. The lowest BCUT2D eigenvalue weighted by molar-refractivity contribution is -0.582. The van der Waals surface area contributed by atoms with Crippen molar-refractivity contribution in [2.45, 2.75) is 32.4 Å². The highest BCUT2D eigenvalue weighted by atomic mass is 28.3. The van der Waals surface area contributed by atoms with E-state index in [1.165, 1.54) is 51.3 Å². The summed E-state index contributed by atoms with van der Waals surface area (Å²) in [7, 11) is -1.99. The largest absolute Gasteiger partial charge is 0.550 e. The monoisotopic (exact) mass is 466 g/mol. The van der Waals surface area contributed by atoms with E-state index in [0.717, 1.165) is 37.3 Å².